The summed E-state index contributed by atoms with van der Waals surface area (Å²) in [5.74, 6) is -1.30. The summed E-state index contributed by atoms with van der Waals surface area (Å²) >= 11 is 0. The van der Waals surface area contributed by atoms with Gasteiger partial charge in [-0.25, -0.2) is 4.79 Å². The van der Waals surface area contributed by atoms with Crippen LogP contribution in [0.1, 0.15) is 0 Å². The molecule has 5 N–H and O–H groups in total. The Kier molecular flexibility index (Phi) is 3.36. The maximum atomic E-state index is 11.1. The topological polar surface area (TPSA) is 187 Å². The van der Waals surface area contributed by atoms with Crippen LogP contribution in [0.4, 0.5) is 0 Å². The van der Waals surface area contributed by atoms with E-state index >= 15 is 0 Å². The number of ether oxygens (including phenoxy) is 1. The molecule has 0 radical (unpaired) electrons. The first-order valence-electron chi connectivity index (χ1n) is 4.11. The molecular weight excluding hydrogens is 238 g/mol. The van der Waals surface area contributed by atoms with Gasteiger partial charge in [0.05, 0.1) is 0 Å². The van der Waals surface area contributed by atoms with Crippen LogP contribution in [-0.4, -0.2) is 29.1 Å². The molecule has 0 fully saturated rings. The van der Waals surface area contributed by atoms with E-state index in [4.69, 9.17) is 11.5 Å². The van der Waals surface area contributed by atoms with Crippen molar-refractivity contribution in [3.63, 3.8) is 0 Å². The number of hydrogen-bond acceptors (Lipinski definition) is 11. The molecule has 0 saturated carbocycles. The predicted molar refractivity (Wildman–Crippen MR) is 51.4 cm³/mol. The normalized spacial score (nSPS) is 24.9. The molecule has 11 nitrogen and oxygen atoms in total. The standard InChI is InChI=1S/C6H7N5O6/c7-5(11-16)6(8,13)3-1(9-14)2(10-15)4(12)17-3/h3,5,13H,7-8H2. The van der Waals surface area contributed by atoms with Gasteiger partial charge < -0.3 is 15.6 Å². The van der Waals surface area contributed by atoms with E-state index in [-0.39, 0.29) is 0 Å². The summed E-state index contributed by atoms with van der Waals surface area (Å²) in [5.41, 5.74) is 5.81. The number of rotatable bonds is 5. The van der Waals surface area contributed by atoms with Crippen LogP contribution in [0.3, 0.4) is 0 Å². The van der Waals surface area contributed by atoms with Crippen molar-refractivity contribution in [1.82, 2.24) is 0 Å². The molecule has 0 aromatic heterocycles. The Morgan fingerprint density at radius 1 is 1.35 bits per heavy atom. The zero-order valence-corrected chi connectivity index (χ0v) is 8.14. The van der Waals surface area contributed by atoms with Crippen molar-refractivity contribution in [3.05, 3.63) is 26.1 Å². The maximum Gasteiger partial charge on any atom is 0.363 e. The van der Waals surface area contributed by atoms with Gasteiger partial charge in [-0.1, -0.05) is 0 Å². The fraction of sp³-hybridized carbons (Fsp3) is 0.500. The van der Waals surface area contributed by atoms with Crippen molar-refractivity contribution >= 4 is 5.97 Å². The number of nitroso groups, excluding NO2 is 3. The minimum atomic E-state index is -2.67. The second-order valence-electron chi connectivity index (χ2n) is 3.14. The van der Waals surface area contributed by atoms with Gasteiger partial charge in [-0.15, -0.1) is 14.7 Å². The van der Waals surface area contributed by atoms with Gasteiger partial charge in [0, 0.05) is 0 Å². The highest BCUT2D eigenvalue weighted by Crippen LogP contribution is 2.31. The van der Waals surface area contributed by atoms with Crippen LogP contribution in [0.2, 0.25) is 0 Å². The van der Waals surface area contributed by atoms with Crippen molar-refractivity contribution in [3.8, 4) is 0 Å². The van der Waals surface area contributed by atoms with Gasteiger partial charge in [-0.2, -0.15) is 0 Å². The van der Waals surface area contributed by atoms with Gasteiger partial charge in [0.2, 0.25) is 5.70 Å². The van der Waals surface area contributed by atoms with E-state index in [1.807, 2.05) is 0 Å². The molecule has 1 rings (SSSR count). The summed E-state index contributed by atoms with van der Waals surface area (Å²) in [7, 11) is 0. The average Bonchev–Trinajstić information content (AvgIpc) is 2.64. The molecular formula is C6H7N5O6. The van der Waals surface area contributed by atoms with Gasteiger partial charge in [-0.3, -0.25) is 5.73 Å². The quantitative estimate of drug-likeness (QED) is 0.292. The minimum Gasteiger partial charge on any atom is -0.446 e. The Bertz CT molecular complexity index is 417. The zero-order chi connectivity index (χ0) is 13.2. The molecule has 0 aliphatic carbocycles. The Hall–Kier alpha value is -2.11. The zero-order valence-electron chi connectivity index (χ0n) is 8.14. The first-order valence-corrected chi connectivity index (χ1v) is 4.11. The van der Waals surface area contributed by atoms with Gasteiger partial charge in [-0.05, 0) is 15.5 Å². The van der Waals surface area contributed by atoms with Gasteiger partial charge >= 0.3 is 5.97 Å². The molecule has 3 unspecified atom stereocenters. The second-order valence-corrected chi connectivity index (χ2v) is 3.14. The van der Waals surface area contributed by atoms with E-state index in [9.17, 15) is 24.6 Å². The molecule has 0 saturated heterocycles. The monoisotopic (exact) mass is 245 g/mol. The van der Waals surface area contributed by atoms with Crippen LogP contribution < -0.4 is 11.5 Å². The average molecular weight is 245 g/mol. The second kappa shape index (κ2) is 4.40. The summed E-state index contributed by atoms with van der Waals surface area (Å²) < 4.78 is 4.40. The smallest absolute Gasteiger partial charge is 0.363 e. The number of carbonyl (C=O) groups excluding carboxylic acids is 1. The van der Waals surface area contributed by atoms with Crippen LogP contribution in [-0.2, 0) is 9.53 Å². The number of nitrogens with two attached hydrogens (primary N) is 2. The van der Waals surface area contributed by atoms with Crippen LogP contribution in [0.15, 0.2) is 26.9 Å². The molecule has 92 valence electrons. The van der Waals surface area contributed by atoms with Crippen LogP contribution in [0.5, 0.6) is 0 Å². The lowest BCUT2D eigenvalue weighted by molar-refractivity contribution is -0.153. The molecule has 1 aliphatic heterocycles. The first-order chi connectivity index (χ1) is 7.89. The number of cyclic esters (lactones) is 1. The Balaban J connectivity index is 3.21. The maximum absolute atomic E-state index is 11.1. The summed E-state index contributed by atoms with van der Waals surface area (Å²) in [5, 5.41) is 16.4. The van der Waals surface area contributed by atoms with Crippen LogP contribution >= 0.6 is 0 Å². The Labute approximate surface area is 92.7 Å². The van der Waals surface area contributed by atoms with Gasteiger partial charge in [0.1, 0.15) is 0 Å². The van der Waals surface area contributed by atoms with E-state index in [0.717, 1.165) is 0 Å². The number of esters is 1. The highest BCUT2D eigenvalue weighted by Gasteiger charge is 2.52. The lowest BCUT2D eigenvalue weighted by Gasteiger charge is -2.29. The van der Waals surface area contributed by atoms with Gasteiger partial charge in [0.25, 0.3) is 0 Å². The summed E-state index contributed by atoms with van der Waals surface area (Å²) in [4.78, 5) is 41.9. The third kappa shape index (κ3) is 1.93. The van der Waals surface area contributed by atoms with Crippen molar-refractivity contribution in [2.24, 2.45) is 27.0 Å². The lowest BCUT2D eigenvalue weighted by atomic mass is 10.0. The van der Waals surface area contributed by atoms with Crippen molar-refractivity contribution < 1.29 is 14.6 Å². The largest absolute Gasteiger partial charge is 0.446 e. The fourth-order valence-corrected chi connectivity index (χ4v) is 1.18. The predicted octanol–water partition coefficient (Wildman–Crippen LogP) is -1.65. The number of aliphatic hydroxyl groups is 1. The molecule has 1 heterocycles. The molecule has 17 heavy (non-hydrogen) atoms. The van der Waals surface area contributed by atoms with E-state index in [1.54, 1.807) is 0 Å². The van der Waals surface area contributed by atoms with Crippen molar-refractivity contribution in [2.45, 2.75) is 18.0 Å². The summed E-state index contributed by atoms with van der Waals surface area (Å²) in [6.45, 7) is 0. The molecule has 0 aromatic rings. The third-order valence-corrected chi connectivity index (χ3v) is 2.11. The van der Waals surface area contributed by atoms with Crippen LogP contribution in [0, 0.1) is 14.7 Å². The lowest BCUT2D eigenvalue weighted by Crippen LogP contribution is -2.62. The molecule has 3 atom stereocenters. The first kappa shape index (κ1) is 13.0. The van der Waals surface area contributed by atoms with E-state index < -0.39 is 35.4 Å². The summed E-state index contributed by atoms with van der Waals surface area (Å²) in [6, 6.07) is 0. The summed E-state index contributed by atoms with van der Waals surface area (Å²) in [6.07, 6.45) is -3.78. The molecule has 1 aliphatic rings. The highest BCUT2D eigenvalue weighted by molar-refractivity contribution is 5.92. The van der Waals surface area contributed by atoms with Crippen molar-refractivity contribution in [1.29, 1.82) is 0 Å². The van der Waals surface area contributed by atoms with E-state index in [1.165, 1.54) is 0 Å². The molecule has 0 bridgehead atoms. The molecule has 0 aromatic carbocycles. The molecule has 11 heteroatoms. The molecule has 0 spiro atoms. The van der Waals surface area contributed by atoms with E-state index in [0.29, 0.717) is 0 Å². The van der Waals surface area contributed by atoms with E-state index in [2.05, 4.69) is 20.3 Å². The van der Waals surface area contributed by atoms with Gasteiger partial charge in [0.15, 0.2) is 23.7 Å². The van der Waals surface area contributed by atoms with Crippen molar-refractivity contribution in [2.75, 3.05) is 0 Å². The highest BCUT2D eigenvalue weighted by atomic mass is 16.6. The number of nitrogens with zero attached hydrogens (tertiary/aromatic N) is 3. The Morgan fingerprint density at radius 3 is 2.35 bits per heavy atom. The Morgan fingerprint density at radius 2 is 1.94 bits per heavy atom. The fourth-order valence-electron chi connectivity index (χ4n) is 1.18. The minimum absolute atomic E-state index is 0.839. The molecule has 0 amide bonds. The number of hydrogen-bond donors (Lipinski definition) is 3. The SMILES string of the molecule is NC(N=O)C(N)(O)C1OC(=O)C(N=O)=C1N=O. The third-order valence-electron chi connectivity index (χ3n) is 2.11. The van der Waals surface area contributed by atoms with Crippen LogP contribution in [0.25, 0.3) is 0 Å². The number of carbonyl (C=O) groups is 1.